The number of amides is 1. The van der Waals surface area contributed by atoms with Crippen molar-refractivity contribution in [2.75, 3.05) is 5.32 Å². The highest BCUT2D eigenvalue weighted by atomic mass is 16.1. The molecule has 0 spiro atoms. The van der Waals surface area contributed by atoms with Crippen LogP contribution in [0.5, 0.6) is 0 Å². The number of nitrogens with one attached hydrogen (secondary N) is 2. The monoisotopic (exact) mass is 403 g/mol. The maximum Gasteiger partial charge on any atom is 0.251 e. The standard InChI is InChI=1S/C20H21N9O/c1-28-18(26-27-19(28)17-7-8-21-13-24-17)12-22-15-5-3-4-14(10-15)20(30)23-11-16-6-9-25-29(16)2/h3-10,13,22H,11-12H2,1-2H3,(H,23,30). The van der Waals surface area contributed by atoms with Crippen molar-refractivity contribution in [3.8, 4) is 11.5 Å². The van der Waals surface area contributed by atoms with E-state index in [4.69, 9.17) is 0 Å². The summed E-state index contributed by atoms with van der Waals surface area (Å²) in [6.45, 7) is 0.867. The maximum absolute atomic E-state index is 12.5. The van der Waals surface area contributed by atoms with E-state index in [-0.39, 0.29) is 5.91 Å². The second-order valence-electron chi connectivity index (χ2n) is 6.66. The smallest absolute Gasteiger partial charge is 0.251 e. The van der Waals surface area contributed by atoms with E-state index >= 15 is 0 Å². The molecule has 2 N–H and O–H groups in total. The van der Waals surface area contributed by atoms with Crippen LogP contribution in [0, 0.1) is 0 Å². The van der Waals surface area contributed by atoms with Gasteiger partial charge in [-0.1, -0.05) is 6.07 Å². The lowest BCUT2D eigenvalue weighted by Gasteiger charge is -2.09. The average molecular weight is 403 g/mol. The Morgan fingerprint density at radius 3 is 2.73 bits per heavy atom. The van der Waals surface area contributed by atoms with Gasteiger partial charge < -0.3 is 15.2 Å². The zero-order chi connectivity index (χ0) is 20.9. The van der Waals surface area contributed by atoms with Gasteiger partial charge in [0.25, 0.3) is 5.91 Å². The first-order chi connectivity index (χ1) is 14.6. The number of aromatic nitrogens is 7. The first-order valence-electron chi connectivity index (χ1n) is 9.35. The Labute approximate surface area is 173 Å². The minimum Gasteiger partial charge on any atom is -0.378 e. The van der Waals surface area contributed by atoms with E-state index in [1.165, 1.54) is 6.33 Å². The van der Waals surface area contributed by atoms with Crippen molar-refractivity contribution in [3.05, 3.63) is 72.2 Å². The van der Waals surface area contributed by atoms with Gasteiger partial charge in [0.05, 0.1) is 18.8 Å². The highest BCUT2D eigenvalue weighted by Crippen LogP contribution is 2.15. The largest absolute Gasteiger partial charge is 0.378 e. The fourth-order valence-corrected chi connectivity index (χ4v) is 2.96. The molecule has 4 aromatic rings. The van der Waals surface area contributed by atoms with E-state index < -0.39 is 0 Å². The molecule has 152 valence electrons. The first-order valence-corrected chi connectivity index (χ1v) is 9.35. The molecule has 0 aliphatic carbocycles. The molecule has 0 aliphatic rings. The van der Waals surface area contributed by atoms with Crippen LogP contribution in [-0.4, -0.2) is 40.4 Å². The molecular weight excluding hydrogens is 382 g/mol. The molecule has 0 atom stereocenters. The van der Waals surface area contributed by atoms with Crippen molar-refractivity contribution in [3.63, 3.8) is 0 Å². The van der Waals surface area contributed by atoms with E-state index in [0.717, 1.165) is 17.2 Å². The minimum absolute atomic E-state index is 0.149. The molecule has 0 unspecified atom stereocenters. The van der Waals surface area contributed by atoms with Gasteiger partial charge >= 0.3 is 0 Å². The summed E-state index contributed by atoms with van der Waals surface area (Å²) in [5.41, 5.74) is 3.02. The summed E-state index contributed by atoms with van der Waals surface area (Å²) in [7, 11) is 3.73. The van der Waals surface area contributed by atoms with E-state index in [9.17, 15) is 4.79 Å². The minimum atomic E-state index is -0.149. The van der Waals surface area contributed by atoms with Gasteiger partial charge in [-0.3, -0.25) is 9.48 Å². The number of carbonyl (C=O) groups excluding carboxylic acids is 1. The van der Waals surface area contributed by atoms with Crippen LogP contribution in [-0.2, 0) is 27.2 Å². The van der Waals surface area contributed by atoms with Crippen molar-refractivity contribution < 1.29 is 4.79 Å². The van der Waals surface area contributed by atoms with Gasteiger partial charge in [-0.05, 0) is 30.3 Å². The van der Waals surface area contributed by atoms with E-state index in [0.29, 0.717) is 30.2 Å². The summed E-state index contributed by atoms with van der Waals surface area (Å²) in [4.78, 5) is 20.6. The number of hydrogen-bond acceptors (Lipinski definition) is 7. The molecule has 0 radical (unpaired) electrons. The Balaban J connectivity index is 1.40. The molecule has 4 rings (SSSR count). The predicted octanol–water partition coefficient (Wildman–Crippen LogP) is 1.55. The number of anilines is 1. The second-order valence-corrected chi connectivity index (χ2v) is 6.66. The summed E-state index contributed by atoms with van der Waals surface area (Å²) in [5, 5.41) is 18.7. The predicted molar refractivity (Wildman–Crippen MR) is 110 cm³/mol. The summed E-state index contributed by atoms with van der Waals surface area (Å²) in [6.07, 6.45) is 4.85. The van der Waals surface area contributed by atoms with Gasteiger partial charge in [-0.2, -0.15) is 5.10 Å². The Morgan fingerprint density at radius 2 is 1.97 bits per heavy atom. The lowest BCUT2D eigenvalue weighted by molar-refractivity contribution is 0.0950. The third kappa shape index (κ3) is 4.17. The van der Waals surface area contributed by atoms with Gasteiger partial charge in [-0.15, -0.1) is 10.2 Å². The summed E-state index contributed by atoms with van der Waals surface area (Å²) < 4.78 is 3.61. The quantitative estimate of drug-likeness (QED) is 0.481. The Kier molecular flexibility index (Phi) is 5.46. The van der Waals surface area contributed by atoms with Gasteiger partial charge in [0.15, 0.2) is 11.6 Å². The maximum atomic E-state index is 12.5. The van der Waals surface area contributed by atoms with Crippen molar-refractivity contribution in [2.24, 2.45) is 14.1 Å². The fourth-order valence-electron chi connectivity index (χ4n) is 2.96. The fraction of sp³-hybridized carbons (Fsp3) is 0.200. The molecule has 0 bridgehead atoms. The number of nitrogens with zero attached hydrogens (tertiary/aromatic N) is 7. The van der Waals surface area contributed by atoms with Gasteiger partial charge in [-0.25, -0.2) is 9.97 Å². The molecule has 1 aromatic carbocycles. The number of hydrogen-bond donors (Lipinski definition) is 2. The van der Waals surface area contributed by atoms with Crippen molar-refractivity contribution >= 4 is 11.6 Å². The molecule has 10 heteroatoms. The zero-order valence-corrected chi connectivity index (χ0v) is 16.6. The molecule has 10 nitrogen and oxygen atoms in total. The third-order valence-corrected chi connectivity index (χ3v) is 4.70. The molecule has 1 amide bonds. The molecule has 0 saturated carbocycles. The van der Waals surface area contributed by atoms with E-state index in [1.54, 1.807) is 35.3 Å². The Hall–Kier alpha value is -4.08. The van der Waals surface area contributed by atoms with Crippen LogP contribution in [0.4, 0.5) is 5.69 Å². The van der Waals surface area contributed by atoms with Crippen molar-refractivity contribution in [1.82, 2.24) is 39.8 Å². The Morgan fingerprint density at radius 1 is 1.07 bits per heavy atom. The first kappa shape index (κ1) is 19.2. The van der Waals surface area contributed by atoms with E-state index in [1.807, 2.05) is 36.9 Å². The molecule has 0 aliphatic heterocycles. The molecule has 3 heterocycles. The summed E-state index contributed by atoms with van der Waals surface area (Å²) in [5.74, 6) is 1.26. The average Bonchev–Trinajstić information content (AvgIpc) is 3.36. The van der Waals surface area contributed by atoms with Crippen LogP contribution >= 0.6 is 0 Å². The molecule has 0 saturated heterocycles. The molecular formula is C20H21N9O. The molecule has 3 aromatic heterocycles. The Bertz CT molecular complexity index is 1150. The van der Waals surface area contributed by atoms with Crippen LogP contribution in [0.3, 0.4) is 0 Å². The van der Waals surface area contributed by atoms with Gasteiger partial charge in [0, 0.05) is 37.7 Å². The zero-order valence-electron chi connectivity index (χ0n) is 16.6. The number of benzene rings is 1. The molecule has 30 heavy (non-hydrogen) atoms. The number of carbonyl (C=O) groups is 1. The highest BCUT2D eigenvalue weighted by molar-refractivity contribution is 5.95. The lowest BCUT2D eigenvalue weighted by Crippen LogP contribution is -2.24. The normalized spacial score (nSPS) is 10.7. The number of aryl methyl sites for hydroxylation is 1. The molecule has 0 fully saturated rings. The second kappa shape index (κ2) is 8.52. The third-order valence-electron chi connectivity index (χ3n) is 4.70. The topological polar surface area (TPSA) is 115 Å². The van der Waals surface area contributed by atoms with Crippen LogP contribution in [0.1, 0.15) is 21.9 Å². The van der Waals surface area contributed by atoms with Crippen molar-refractivity contribution in [1.29, 1.82) is 0 Å². The van der Waals surface area contributed by atoms with E-state index in [2.05, 4.69) is 35.9 Å². The SMILES string of the molecule is Cn1nccc1CNC(=O)c1cccc(NCc2nnc(-c3ccncn3)n2C)c1. The van der Waals surface area contributed by atoms with Gasteiger partial charge in [0.2, 0.25) is 0 Å². The lowest BCUT2D eigenvalue weighted by atomic mass is 10.2. The van der Waals surface area contributed by atoms with Crippen LogP contribution in [0.25, 0.3) is 11.5 Å². The van der Waals surface area contributed by atoms with Crippen LogP contribution in [0.2, 0.25) is 0 Å². The highest BCUT2D eigenvalue weighted by Gasteiger charge is 2.12. The van der Waals surface area contributed by atoms with Crippen LogP contribution < -0.4 is 10.6 Å². The summed E-state index contributed by atoms with van der Waals surface area (Å²) in [6, 6.07) is 11.0. The summed E-state index contributed by atoms with van der Waals surface area (Å²) >= 11 is 0. The number of rotatable bonds is 7. The van der Waals surface area contributed by atoms with Crippen LogP contribution in [0.15, 0.2) is 55.1 Å². The van der Waals surface area contributed by atoms with Crippen molar-refractivity contribution in [2.45, 2.75) is 13.1 Å². The van der Waals surface area contributed by atoms with Gasteiger partial charge in [0.1, 0.15) is 12.0 Å².